The van der Waals surface area contributed by atoms with E-state index in [0.717, 1.165) is 48.8 Å². The average molecular weight is 437 g/mol. The number of nitrogens with zero attached hydrogens (tertiary/aromatic N) is 7. The van der Waals surface area contributed by atoms with E-state index < -0.39 is 0 Å². The highest BCUT2D eigenvalue weighted by molar-refractivity contribution is 9.10. The Labute approximate surface area is 167 Å². The van der Waals surface area contributed by atoms with Crippen LogP contribution in [-0.2, 0) is 13.6 Å². The molecule has 1 fully saturated rings. The van der Waals surface area contributed by atoms with Crippen molar-refractivity contribution in [2.45, 2.75) is 13.5 Å². The summed E-state index contributed by atoms with van der Waals surface area (Å²) in [7, 11) is 3.54. The average Bonchev–Trinajstić information content (AvgIpc) is 3.10. The Balaban J connectivity index is 1.64. The van der Waals surface area contributed by atoms with E-state index in [1.54, 1.807) is 19.5 Å². The minimum Gasteiger partial charge on any atom is -0.480 e. The monoisotopic (exact) mass is 436 g/mol. The lowest BCUT2D eigenvalue weighted by Gasteiger charge is -2.36. The lowest BCUT2D eigenvalue weighted by Crippen LogP contribution is -2.53. The normalized spacial score (nSPS) is 15.2. The van der Waals surface area contributed by atoms with Crippen molar-refractivity contribution in [2.24, 2.45) is 12.0 Å². The Morgan fingerprint density at radius 1 is 1.33 bits per heavy atom. The first-order valence-electron chi connectivity index (χ1n) is 8.94. The van der Waals surface area contributed by atoms with Crippen molar-refractivity contribution in [3.8, 4) is 5.88 Å². The van der Waals surface area contributed by atoms with Gasteiger partial charge in [-0.1, -0.05) is 0 Å². The van der Waals surface area contributed by atoms with E-state index >= 15 is 0 Å². The maximum Gasteiger partial charge on any atom is 0.232 e. The summed E-state index contributed by atoms with van der Waals surface area (Å²) in [4.78, 5) is 18.1. The molecule has 0 aliphatic carbocycles. The van der Waals surface area contributed by atoms with Crippen LogP contribution in [0.3, 0.4) is 0 Å². The van der Waals surface area contributed by atoms with E-state index in [1.807, 2.05) is 17.8 Å². The predicted octanol–water partition coefficient (Wildman–Crippen LogP) is 1.27. The lowest BCUT2D eigenvalue weighted by atomic mass is 10.3. The SMILES string of the molecule is CCNC(=NCc1ccnn1C)N1CCN(c2ncc(Br)c(OC)n2)CC1. The summed E-state index contributed by atoms with van der Waals surface area (Å²) < 4.78 is 7.88. The molecule has 0 aromatic carbocycles. The van der Waals surface area contributed by atoms with Crippen LogP contribution >= 0.6 is 15.9 Å². The summed E-state index contributed by atoms with van der Waals surface area (Å²) in [6.07, 6.45) is 3.52. The van der Waals surface area contributed by atoms with Gasteiger partial charge in [-0.2, -0.15) is 10.1 Å². The molecule has 0 atom stereocenters. The molecule has 3 heterocycles. The van der Waals surface area contributed by atoms with E-state index in [-0.39, 0.29) is 0 Å². The van der Waals surface area contributed by atoms with Crippen LogP contribution in [0, 0.1) is 0 Å². The highest BCUT2D eigenvalue weighted by atomic mass is 79.9. The van der Waals surface area contributed by atoms with Crippen molar-refractivity contribution < 1.29 is 4.74 Å². The van der Waals surface area contributed by atoms with Crippen LogP contribution in [-0.4, -0.2) is 70.4 Å². The lowest BCUT2D eigenvalue weighted by molar-refractivity contribution is 0.366. The Morgan fingerprint density at radius 2 is 2.11 bits per heavy atom. The summed E-state index contributed by atoms with van der Waals surface area (Å²) in [6.45, 7) is 6.85. The zero-order chi connectivity index (χ0) is 19.2. The topological polar surface area (TPSA) is 83.7 Å². The van der Waals surface area contributed by atoms with Gasteiger partial charge in [0.2, 0.25) is 11.8 Å². The maximum absolute atomic E-state index is 5.27. The van der Waals surface area contributed by atoms with E-state index in [2.05, 4.69) is 53.0 Å². The van der Waals surface area contributed by atoms with Crippen LogP contribution in [0.25, 0.3) is 0 Å². The third-order valence-electron chi connectivity index (χ3n) is 4.40. The molecule has 0 spiro atoms. The number of anilines is 1. The number of methoxy groups -OCH3 is 1. The second-order valence-corrected chi connectivity index (χ2v) is 6.97. The summed E-state index contributed by atoms with van der Waals surface area (Å²) in [5.41, 5.74) is 1.08. The van der Waals surface area contributed by atoms with Gasteiger partial charge in [-0.05, 0) is 28.9 Å². The number of rotatable bonds is 5. The van der Waals surface area contributed by atoms with Crippen molar-refractivity contribution in [3.63, 3.8) is 0 Å². The maximum atomic E-state index is 5.27. The quantitative estimate of drug-likeness (QED) is 0.557. The van der Waals surface area contributed by atoms with Gasteiger partial charge < -0.3 is 19.9 Å². The van der Waals surface area contributed by atoms with Crippen LogP contribution in [0.4, 0.5) is 5.95 Å². The molecule has 3 rings (SSSR count). The van der Waals surface area contributed by atoms with Crippen molar-refractivity contribution in [3.05, 3.63) is 28.6 Å². The second-order valence-electron chi connectivity index (χ2n) is 6.12. The van der Waals surface area contributed by atoms with E-state index in [1.165, 1.54) is 0 Å². The van der Waals surface area contributed by atoms with Gasteiger partial charge in [0.25, 0.3) is 0 Å². The van der Waals surface area contributed by atoms with Crippen LogP contribution in [0.2, 0.25) is 0 Å². The van der Waals surface area contributed by atoms with E-state index in [4.69, 9.17) is 9.73 Å². The Bertz CT molecular complexity index is 785. The Kier molecular flexibility index (Phi) is 6.49. The van der Waals surface area contributed by atoms with E-state index in [0.29, 0.717) is 18.4 Å². The molecule has 1 aliphatic heterocycles. The van der Waals surface area contributed by atoms with Gasteiger partial charge in [-0.15, -0.1) is 0 Å². The third-order valence-corrected chi connectivity index (χ3v) is 4.95. The molecule has 0 unspecified atom stereocenters. The van der Waals surface area contributed by atoms with Crippen LogP contribution < -0.4 is 15.0 Å². The molecule has 2 aromatic rings. The minimum absolute atomic E-state index is 0.550. The van der Waals surface area contributed by atoms with E-state index in [9.17, 15) is 0 Å². The number of hydrogen-bond acceptors (Lipinski definition) is 6. The van der Waals surface area contributed by atoms with Crippen molar-refractivity contribution in [1.82, 2.24) is 30.0 Å². The van der Waals surface area contributed by atoms with Crippen molar-refractivity contribution >= 4 is 27.8 Å². The fourth-order valence-corrected chi connectivity index (χ4v) is 3.25. The number of halogens is 1. The minimum atomic E-state index is 0.550. The number of aliphatic imine (C=N–C) groups is 1. The smallest absolute Gasteiger partial charge is 0.232 e. The summed E-state index contributed by atoms with van der Waals surface area (Å²) in [5, 5.41) is 7.58. The van der Waals surface area contributed by atoms with Gasteiger partial charge >= 0.3 is 0 Å². The molecule has 9 nitrogen and oxygen atoms in total. The summed E-state index contributed by atoms with van der Waals surface area (Å²) in [5.74, 6) is 2.16. The number of piperazine rings is 1. The molecule has 0 saturated carbocycles. The molecule has 146 valence electrons. The molecule has 0 amide bonds. The van der Waals surface area contributed by atoms with Gasteiger partial charge in [-0.25, -0.2) is 9.98 Å². The first-order chi connectivity index (χ1) is 13.1. The molecule has 1 saturated heterocycles. The zero-order valence-electron chi connectivity index (χ0n) is 15.9. The molecular weight excluding hydrogens is 412 g/mol. The Morgan fingerprint density at radius 3 is 2.74 bits per heavy atom. The fraction of sp³-hybridized carbons (Fsp3) is 0.529. The molecule has 27 heavy (non-hydrogen) atoms. The number of aromatic nitrogens is 4. The van der Waals surface area contributed by atoms with Crippen molar-refractivity contribution in [1.29, 1.82) is 0 Å². The number of ether oxygens (including phenoxy) is 1. The van der Waals surface area contributed by atoms with Gasteiger partial charge in [-0.3, -0.25) is 4.68 Å². The Hall–Kier alpha value is -2.36. The third kappa shape index (κ3) is 4.68. The highest BCUT2D eigenvalue weighted by Gasteiger charge is 2.22. The van der Waals surface area contributed by atoms with Crippen LogP contribution in [0.15, 0.2) is 27.9 Å². The van der Waals surface area contributed by atoms with Crippen LogP contribution in [0.5, 0.6) is 5.88 Å². The molecular formula is C17H25BrN8O. The number of guanidine groups is 1. The zero-order valence-corrected chi connectivity index (χ0v) is 17.5. The molecule has 2 aromatic heterocycles. The number of nitrogens with one attached hydrogen (secondary N) is 1. The molecule has 0 radical (unpaired) electrons. The summed E-state index contributed by atoms with van der Waals surface area (Å²) >= 11 is 3.39. The molecule has 1 aliphatic rings. The van der Waals surface area contributed by atoms with Gasteiger partial charge in [0.1, 0.15) is 0 Å². The molecule has 1 N–H and O–H groups in total. The number of aryl methyl sites for hydroxylation is 1. The van der Waals surface area contributed by atoms with Gasteiger partial charge in [0.15, 0.2) is 5.96 Å². The fourth-order valence-electron chi connectivity index (χ4n) is 2.89. The second kappa shape index (κ2) is 9.03. The largest absolute Gasteiger partial charge is 0.480 e. The first-order valence-corrected chi connectivity index (χ1v) is 9.73. The van der Waals surface area contributed by atoms with Crippen LogP contribution in [0.1, 0.15) is 12.6 Å². The highest BCUT2D eigenvalue weighted by Crippen LogP contribution is 2.23. The molecule has 10 heteroatoms. The van der Waals surface area contributed by atoms with Gasteiger partial charge in [0, 0.05) is 46.0 Å². The number of hydrogen-bond donors (Lipinski definition) is 1. The first kappa shape index (κ1) is 19.4. The standard InChI is InChI=1S/C17H25BrN8O/c1-4-19-16(20-11-13-5-6-22-24(13)2)25-7-9-26(10-8-25)17-21-12-14(18)15(23-17)27-3/h5-6,12H,4,7-11H2,1-3H3,(H,19,20). The summed E-state index contributed by atoms with van der Waals surface area (Å²) in [6, 6.07) is 1.99. The molecule has 0 bridgehead atoms. The van der Waals surface area contributed by atoms with Gasteiger partial charge in [0.05, 0.1) is 30.0 Å². The van der Waals surface area contributed by atoms with Crippen molar-refractivity contribution in [2.75, 3.05) is 44.7 Å². The predicted molar refractivity (Wildman–Crippen MR) is 108 cm³/mol.